The Hall–Kier alpha value is -1.02. The van der Waals surface area contributed by atoms with Gasteiger partial charge in [-0.1, -0.05) is 12.1 Å². The third-order valence-corrected chi connectivity index (χ3v) is 2.06. The van der Waals surface area contributed by atoms with Crippen LogP contribution in [0.15, 0.2) is 24.3 Å². The topological polar surface area (TPSA) is 18.5 Å². The van der Waals surface area contributed by atoms with Crippen LogP contribution in [0.3, 0.4) is 0 Å². The first-order chi connectivity index (χ1) is 6.72. The van der Waals surface area contributed by atoms with Crippen molar-refractivity contribution >= 4 is 0 Å². The molecule has 2 nitrogen and oxygen atoms in total. The molecule has 0 fully saturated rings. The number of benzene rings is 1. The second kappa shape index (κ2) is 5.66. The van der Waals surface area contributed by atoms with Gasteiger partial charge in [-0.3, -0.25) is 0 Å². The molecule has 0 bridgehead atoms. The lowest BCUT2D eigenvalue weighted by molar-refractivity contribution is 0.135. The third-order valence-electron chi connectivity index (χ3n) is 2.06. The number of hydrogen-bond acceptors (Lipinski definition) is 2. The average Bonchev–Trinajstić information content (AvgIpc) is 2.15. The van der Waals surface area contributed by atoms with Gasteiger partial charge in [0.2, 0.25) is 0 Å². The van der Waals surface area contributed by atoms with Crippen molar-refractivity contribution in [1.82, 2.24) is 0 Å². The molecule has 0 heterocycles. The fraction of sp³-hybridized carbons (Fsp3) is 0.500. The highest BCUT2D eigenvalue weighted by Gasteiger charge is 2.03. The van der Waals surface area contributed by atoms with Crippen LogP contribution in [-0.2, 0) is 4.74 Å². The van der Waals surface area contributed by atoms with E-state index >= 15 is 0 Å². The van der Waals surface area contributed by atoms with Crippen LogP contribution in [0.25, 0.3) is 0 Å². The predicted octanol–water partition coefficient (Wildman–Crippen LogP) is 2.80. The van der Waals surface area contributed by atoms with Crippen molar-refractivity contribution < 1.29 is 9.47 Å². The van der Waals surface area contributed by atoms with Gasteiger partial charge in [-0.25, -0.2) is 0 Å². The van der Waals surface area contributed by atoms with Crippen LogP contribution in [0.4, 0.5) is 0 Å². The maximum Gasteiger partial charge on any atom is 0.119 e. The van der Waals surface area contributed by atoms with Crippen LogP contribution in [-0.4, -0.2) is 19.8 Å². The van der Waals surface area contributed by atoms with Crippen molar-refractivity contribution in [3.05, 3.63) is 29.8 Å². The quantitative estimate of drug-likeness (QED) is 0.717. The van der Waals surface area contributed by atoms with Gasteiger partial charge >= 0.3 is 0 Å². The molecule has 1 unspecified atom stereocenters. The monoisotopic (exact) mass is 194 g/mol. The molecule has 0 saturated heterocycles. The summed E-state index contributed by atoms with van der Waals surface area (Å²) >= 11 is 0. The van der Waals surface area contributed by atoms with E-state index < -0.39 is 0 Å². The van der Waals surface area contributed by atoms with Crippen LogP contribution in [0.1, 0.15) is 18.9 Å². The first-order valence-corrected chi connectivity index (χ1v) is 4.94. The molecule has 0 amide bonds. The zero-order chi connectivity index (χ0) is 10.4. The van der Waals surface area contributed by atoms with E-state index in [0.29, 0.717) is 0 Å². The number of rotatable bonds is 5. The molecule has 1 atom stereocenters. The van der Waals surface area contributed by atoms with E-state index in [1.165, 1.54) is 5.56 Å². The normalized spacial score (nSPS) is 12.5. The lowest BCUT2D eigenvalue weighted by Crippen LogP contribution is -2.14. The first-order valence-electron chi connectivity index (χ1n) is 4.94. The van der Waals surface area contributed by atoms with Gasteiger partial charge in [0.05, 0.1) is 6.10 Å². The SMILES string of the molecule is COCCC(C)Oc1cccc(C)c1. The molecular formula is C12H18O2. The zero-order valence-corrected chi connectivity index (χ0v) is 9.12. The van der Waals surface area contributed by atoms with Crippen LogP contribution in [0, 0.1) is 6.92 Å². The molecule has 0 aliphatic heterocycles. The summed E-state index contributed by atoms with van der Waals surface area (Å²) in [6, 6.07) is 8.10. The molecule has 0 aromatic heterocycles. The van der Waals surface area contributed by atoms with E-state index in [2.05, 4.69) is 19.9 Å². The molecule has 0 aliphatic rings. The van der Waals surface area contributed by atoms with E-state index in [1.54, 1.807) is 7.11 Å². The number of hydrogen-bond donors (Lipinski definition) is 0. The molecule has 0 radical (unpaired) electrons. The summed E-state index contributed by atoms with van der Waals surface area (Å²) in [6.45, 7) is 4.86. The predicted molar refractivity (Wildman–Crippen MR) is 57.8 cm³/mol. The summed E-state index contributed by atoms with van der Waals surface area (Å²) in [7, 11) is 1.71. The summed E-state index contributed by atoms with van der Waals surface area (Å²) in [6.07, 6.45) is 1.13. The van der Waals surface area contributed by atoms with Gasteiger partial charge in [-0.15, -0.1) is 0 Å². The largest absolute Gasteiger partial charge is 0.491 e. The minimum Gasteiger partial charge on any atom is -0.491 e. The van der Waals surface area contributed by atoms with Crippen molar-refractivity contribution in [3.63, 3.8) is 0 Å². The second-order valence-electron chi connectivity index (χ2n) is 3.53. The molecule has 1 rings (SSSR count). The van der Waals surface area contributed by atoms with E-state index in [9.17, 15) is 0 Å². The fourth-order valence-electron chi connectivity index (χ4n) is 1.26. The Balaban J connectivity index is 2.43. The van der Waals surface area contributed by atoms with Crippen LogP contribution < -0.4 is 4.74 Å². The highest BCUT2D eigenvalue weighted by atomic mass is 16.5. The number of ether oxygens (including phenoxy) is 2. The Morgan fingerprint density at radius 2 is 2.14 bits per heavy atom. The number of aryl methyl sites for hydroxylation is 1. The van der Waals surface area contributed by atoms with E-state index in [1.807, 2.05) is 18.2 Å². The van der Waals surface area contributed by atoms with Crippen molar-refractivity contribution in [2.24, 2.45) is 0 Å². The summed E-state index contributed by atoms with van der Waals surface area (Å²) in [5.41, 5.74) is 1.22. The molecule has 2 heteroatoms. The Morgan fingerprint density at radius 3 is 2.79 bits per heavy atom. The Labute approximate surface area is 85.8 Å². The summed E-state index contributed by atoms with van der Waals surface area (Å²) < 4.78 is 10.7. The molecule has 78 valence electrons. The molecule has 0 N–H and O–H groups in total. The van der Waals surface area contributed by atoms with Gasteiger partial charge in [0.25, 0.3) is 0 Å². The minimum absolute atomic E-state index is 0.205. The summed E-state index contributed by atoms with van der Waals surface area (Å²) in [4.78, 5) is 0. The van der Waals surface area contributed by atoms with Gasteiger partial charge in [0.15, 0.2) is 0 Å². The molecule has 1 aromatic rings. The Morgan fingerprint density at radius 1 is 1.36 bits per heavy atom. The van der Waals surface area contributed by atoms with E-state index in [-0.39, 0.29) is 6.10 Å². The van der Waals surface area contributed by atoms with Gasteiger partial charge in [-0.05, 0) is 31.5 Å². The van der Waals surface area contributed by atoms with Crippen molar-refractivity contribution in [2.45, 2.75) is 26.4 Å². The zero-order valence-electron chi connectivity index (χ0n) is 9.12. The highest BCUT2D eigenvalue weighted by Crippen LogP contribution is 2.14. The fourth-order valence-corrected chi connectivity index (χ4v) is 1.26. The number of methoxy groups -OCH3 is 1. The van der Waals surface area contributed by atoms with Crippen molar-refractivity contribution in [1.29, 1.82) is 0 Å². The van der Waals surface area contributed by atoms with Crippen LogP contribution >= 0.6 is 0 Å². The van der Waals surface area contributed by atoms with Gasteiger partial charge in [0, 0.05) is 20.1 Å². The minimum atomic E-state index is 0.205. The lowest BCUT2D eigenvalue weighted by Gasteiger charge is -2.14. The molecule has 0 aliphatic carbocycles. The van der Waals surface area contributed by atoms with Gasteiger partial charge in [-0.2, -0.15) is 0 Å². The van der Waals surface area contributed by atoms with E-state index in [4.69, 9.17) is 9.47 Å². The maximum absolute atomic E-state index is 5.72. The molecular weight excluding hydrogens is 176 g/mol. The van der Waals surface area contributed by atoms with Gasteiger partial charge in [0.1, 0.15) is 5.75 Å². The Kier molecular flexibility index (Phi) is 4.47. The molecule has 14 heavy (non-hydrogen) atoms. The Bertz CT molecular complexity index is 271. The van der Waals surface area contributed by atoms with Crippen LogP contribution in [0.2, 0.25) is 0 Å². The molecule has 0 spiro atoms. The third kappa shape index (κ3) is 3.79. The van der Waals surface area contributed by atoms with Crippen LogP contribution in [0.5, 0.6) is 5.75 Å². The lowest BCUT2D eigenvalue weighted by atomic mass is 10.2. The maximum atomic E-state index is 5.72. The van der Waals surface area contributed by atoms with Crippen molar-refractivity contribution in [2.75, 3.05) is 13.7 Å². The van der Waals surface area contributed by atoms with E-state index in [0.717, 1.165) is 18.8 Å². The second-order valence-corrected chi connectivity index (χ2v) is 3.53. The first kappa shape index (κ1) is 11.1. The average molecular weight is 194 g/mol. The van der Waals surface area contributed by atoms with Crippen molar-refractivity contribution in [3.8, 4) is 5.75 Å². The standard InChI is InChI=1S/C12H18O2/c1-10-5-4-6-12(9-10)14-11(2)7-8-13-3/h4-6,9,11H,7-8H2,1-3H3. The van der Waals surface area contributed by atoms with Gasteiger partial charge < -0.3 is 9.47 Å². The smallest absolute Gasteiger partial charge is 0.119 e. The molecule has 0 saturated carbocycles. The summed E-state index contributed by atoms with van der Waals surface area (Å²) in [5, 5.41) is 0. The summed E-state index contributed by atoms with van der Waals surface area (Å²) in [5.74, 6) is 0.939. The highest BCUT2D eigenvalue weighted by molar-refractivity contribution is 5.27. The molecule has 1 aromatic carbocycles.